The molecule has 1 aliphatic rings. The van der Waals surface area contributed by atoms with Gasteiger partial charge in [-0.15, -0.1) is 11.3 Å². The van der Waals surface area contributed by atoms with Crippen molar-refractivity contribution >= 4 is 11.3 Å². The average Bonchev–Trinajstić information content (AvgIpc) is 3.23. The first kappa shape index (κ1) is 16.3. The van der Waals surface area contributed by atoms with Gasteiger partial charge in [-0.05, 0) is 43.0 Å². The molecule has 0 saturated heterocycles. The Morgan fingerprint density at radius 1 is 1.28 bits per heavy atom. The summed E-state index contributed by atoms with van der Waals surface area (Å²) in [5.74, 6) is 1.92. The maximum absolute atomic E-state index is 5.84. The number of ether oxygens (including phenoxy) is 1. The molecule has 0 saturated carbocycles. The van der Waals surface area contributed by atoms with Gasteiger partial charge in [-0.2, -0.15) is 0 Å². The Morgan fingerprint density at radius 2 is 2.20 bits per heavy atom. The molecule has 130 valence electrons. The van der Waals surface area contributed by atoms with E-state index in [2.05, 4.69) is 44.7 Å². The third-order valence-electron chi connectivity index (χ3n) is 4.84. The van der Waals surface area contributed by atoms with Crippen molar-refractivity contribution in [3.63, 3.8) is 0 Å². The molecule has 1 atom stereocenters. The minimum absolute atomic E-state index is 0.308. The van der Waals surface area contributed by atoms with Gasteiger partial charge in [0, 0.05) is 30.7 Å². The van der Waals surface area contributed by atoms with Crippen LogP contribution in [0.25, 0.3) is 0 Å². The van der Waals surface area contributed by atoms with E-state index < -0.39 is 0 Å². The van der Waals surface area contributed by atoms with Crippen molar-refractivity contribution in [1.29, 1.82) is 0 Å². The van der Waals surface area contributed by atoms with E-state index in [0.29, 0.717) is 12.6 Å². The van der Waals surface area contributed by atoms with Gasteiger partial charge in [0.1, 0.15) is 18.2 Å². The van der Waals surface area contributed by atoms with Crippen LogP contribution in [0.1, 0.15) is 34.9 Å². The molecule has 5 nitrogen and oxygen atoms in total. The van der Waals surface area contributed by atoms with E-state index in [0.717, 1.165) is 36.9 Å². The topological polar surface area (TPSA) is 43.2 Å². The quantitative estimate of drug-likeness (QED) is 0.699. The minimum atomic E-state index is 0.308. The van der Waals surface area contributed by atoms with E-state index in [-0.39, 0.29) is 0 Å². The first-order valence-electron chi connectivity index (χ1n) is 8.56. The summed E-state index contributed by atoms with van der Waals surface area (Å²) < 4.78 is 8.15. The number of imidazole rings is 1. The summed E-state index contributed by atoms with van der Waals surface area (Å²) in [6.45, 7) is 7.94. The monoisotopic (exact) mass is 354 g/mol. The number of rotatable bonds is 5. The molecule has 0 fully saturated rings. The van der Waals surface area contributed by atoms with Crippen LogP contribution in [0.4, 0.5) is 0 Å². The van der Waals surface area contributed by atoms with Gasteiger partial charge >= 0.3 is 0 Å². The lowest BCUT2D eigenvalue weighted by Gasteiger charge is -2.34. The largest absolute Gasteiger partial charge is 0.486 e. The highest BCUT2D eigenvalue weighted by molar-refractivity contribution is 7.10. The van der Waals surface area contributed by atoms with E-state index in [1.165, 1.54) is 10.4 Å². The second kappa shape index (κ2) is 6.98. The number of pyridine rings is 1. The second-order valence-corrected chi connectivity index (χ2v) is 7.41. The summed E-state index contributed by atoms with van der Waals surface area (Å²) in [4.78, 5) is 12.7. The van der Waals surface area contributed by atoms with Crippen LogP contribution < -0.4 is 4.74 Å². The Balaban J connectivity index is 1.46. The molecule has 25 heavy (non-hydrogen) atoms. The predicted octanol–water partition coefficient (Wildman–Crippen LogP) is 3.80. The second-order valence-electron chi connectivity index (χ2n) is 6.41. The van der Waals surface area contributed by atoms with E-state index in [1.54, 1.807) is 12.4 Å². The zero-order valence-corrected chi connectivity index (χ0v) is 15.4. The molecule has 0 bridgehead atoms. The van der Waals surface area contributed by atoms with Crippen LogP contribution >= 0.6 is 11.3 Å². The number of hydrogen-bond donors (Lipinski definition) is 0. The van der Waals surface area contributed by atoms with Gasteiger partial charge in [0.05, 0.1) is 24.1 Å². The molecule has 4 heterocycles. The molecule has 0 spiro atoms. The molecule has 3 aromatic rings. The Kier molecular flexibility index (Phi) is 4.55. The van der Waals surface area contributed by atoms with Crippen LogP contribution in [0.5, 0.6) is 5.75 Å². The molecule has 0 aromatic carbocycles. The number of aromatic nitrogens is 3. The lowest BCUT2D eigenvalue weighted by Crippen LogP contribution is -2.37. The number of fused-ring (bicyclic) bond motifs is 1. The van der Waals surface area contributed by atoms with Crippen molar-refractivity contribution in [1.82, 2.24) is 19.4 Å². The molecule has 1 aliphatic heterocycles. The predicted molar refractivity (Wildman–Crippen MR) is 98.7 cm³/mol. The Hall–Kier alpha value is -2.18. The van der Waals surface area contributed by atoms with Gasteiger partial charge in [0.2, 0.25) is 0 Å². The van der Waals surface area contributed by atoms with E-state index in [4.69, 9.17) is 4.74 Å². The molecular formula is C19H22N4OS. The summed E-state index contributed by atoms with van der Waals surface area (Å²) in [7, 11) is 0. The normalized spacial score (nSPS) is 17.4. The average molecular weight is 354 g/mol. The van der Waals surface area contributed by atoms with Crippen LogP contribution in [0.15, 0.2) is 42.2 Å². The third kappa shape index (κ3) is 3.32. The van der Waals surface area contributed by atoms with Crippen molar-refractivity contribution in [2.75, 3.05) is 6.54 Å². The molecule has 0 unspecified atom stereocenters. The van der Waals surface area contributed by atoms with E-state index in [1.807, 2.05) is 29.7 Å². The smallest absolute Gasteiger partial charge is 0.138 e. The first-order valence-corrected chi connectivity index (χ1v) is 9.44. The summed E-state index contributed by atoms with van der Waals surface area (Å²) >= 11 is 1.84. The van der Waals surface area contributed by atoms with Gasteiger partial charge in [0.25, 0.3) is 0 Å². The highest BCUT2D eigenvalue weighted by atomic mass is 32.1. The van der Waals surface area contributed by atoms with Crippen LogP contribution in [0.2, 0.25) is 0 Å². The third-order valence-corrected chi connectivity index (χ3v) is 5.85. The van der Waals surface area contributed by atoms with Gasteiger partial charge in [-0.25, -0.2) is 4.98 Å². The fourth-order valence-electron chi connectivity index (χ4n) is 3.28. The van der Waals surface area contributed by atoms with Crippen LogP contribution in [-0.4, -0.2) is 26.0 Å². The maximum Gasteiger partial charge on any atom is 0.138 e. The maximum atomic E-state index is 5.84. The first-order chi connectivity index (χ1) is 12.2. The molecule has 3 aromatic heterocycles. The van der Waals surface area contributed by atoms with Crippen molar-refractivity contribution in [2.45, 2.75) is 39.6 Å². The Labute approximate surface area is 151 Å². The van der Waals surface area contributed by atoms with Crippen molar-refractivity contribution in [3.05, 3.63) is 64.1 Å². The number of nitrogens with zero attached hydrogens (tertiary/aromatic N) is 4. The number of hydrogen-bond acceptors (Lipinski definition) is 5. The van der Waals surface area contributed by atoms with Gasteiger partial charge in [-0.3, -0.25) is 9.88 Å². The van der Waals surface area contributed by atoms with Crippen molar-refractivity contribution < 1.29 is 4.74 Å². The summed E-state index contributed by atoms with van der Waals surface area (Å²) in [6, 6.07) is 6.31. The Bertz CT molecular complexity index is 842. The standard InChI is InChI=1S/C19H22N4OS/c1-14-5-9-25-18(14)12-22-7-8-23-16(10-21-19(23)15(22)2)13-24-17-4-3-6-20-11-17/h3-6,9-11,15H,7-8,12-13H2,1-2H3/t15-/m1/s1. The molecule has 0 amide bonds. The minimum Gasteiger partial charge on any atom is -0.486 e. The molecule has 4 rings (SSSR count). The highest BCUT2D eigenvalue weighted by Crippen LogP contribution is 2.29. The van der Waals surface area contributed by atoms with Crippen LogP contribution in [-0.2, 0) is 19.7 Å². The van der Waals surface area contributed by atoms with Crippen molar-refractivity contribution in [2.24, 2.45) is 0 Å². The number of thiophene rings is 1. The Morgan fingerprint density at radius 3 is 2.96 bits per heavy atom. The fourth-order valence-corrected chi connectivity index (χ4v) is 4.21. The van der Waals surface area contributed by atoms with E-state index in [9.17, 15) is 0 Å². The number of aryl methyl sites for hydroxylation is 1. The fraction of sp³-hybridized carbons (Fsp3) is 0.368. The lowest BCUT2D eigenvalue weighted by atomic mass is 10.2. The highest BCUT2D eigenvalue weighted by Gasteiger charge is 2.27. The zero-order chi connectivity index (χ0) is 17.2. The van der Waals surface area contributed by atoms with Crippen molar-refractivity contribution in [3.8, 4) is 5.75 Å². The van der Waals surface area contributed by atoms with Gasteiger partial charge in [-0.1, -0.05) is 0 Å². The van der Waals surface area contributed by atoms with Crippen LogP contribution in [0.3, 0.4) is 0 Å². The van der Waals surface area contributed by atoms with E-state index >= 15 is 0 Å². The zero-order valence-electron chi connectivity index (χ0n) is 14.6. The van der Waals surface area contributed by atoms with Gasteiger partial charge in [0.15, 0.2) is 0 Å². The van der Waals surface area contributed by atoms with Crippen LogP contribution in [0, 0.1) is 6.92 Å². The molecule has 0 aliphatic carbocycles. The van der Waals surface area contributed by atoms with Gasteiger partial charge < -0.3 is 9.30 Å². The molecular weight excluding hydrogens is 332 g/mol. The molecule has 0 N–H and O–H groups in total. The summed E-state index contributed by atoms with van der Waals surface area (Å²) in [5, 5.41) is 2.17. The molecule has 6 heteroatoms. The molecule has 0 radical (unpaired) electrons. The lowest BCUT2D eigenvalue weighted by molar-refractivity contribution is 0.153. The summed E-state index contributed by atoms with van der Waals surface area (Å²) in [6.07, 6.45) is 5.43. The summed E-state index contributed by atoms with van der Waals surface area (Å²) in [5.41, 5.74) is 2.51. The SMILES string of the molecule is Cc1ccsc1CN1CCn2c(COc3cccnc3)cnc2[C@H]1C.